The maximum absolute atomic E-state index is 12.0. The van der Waals surface area contributed by atoms with Crippen molar-refractivity contribution in [2.75, 3.05) is 26.7 Å². The number of hydrogen-bond acceptors (Lipinski definition) is 3. The van der Waals surface area contributed by atoms with Crippen LogP contribution < -0.4 is 5.32 Å². The molecular weight excluding hydrogens is 216 g/mol. The molecule has 1 rings (SSSR count). The van der Waals surface area contributed by atoms with E-state index in [9.17, 15) is 4.79 Å². The minimum atomic E-state index is -0.401. The van der Waals surface area contributed by atoms with Crippen LogP contribution in [0.3, 0.4) is 0 Å². The molecule has 0 radical (unpaired) electrons. The van der Waals surface area contributed by atoms with Crippen molar-refractivity contribution in [3.63, 3.8) is 0 Å². The number of nitrogens with zero attached hydrogens (tertiary/aromatic N) is 1. The van der Waals surface area contributed by atoms with E-state index in [2.05, 4.69) is 5.32 Å². The Balaban J connectivity index is 2.53. The second kappa shape index (κ2) is 6.24. The van der Waals surface area contributed by atoms with Gasteiger partial charge in [-0.05, 0) is 53.1 Å². The van der Waals surface area contributed by atoms with E-state index in [4.69, 9.17) is 4.74 Å². The van der Waals surface area contributed by atoms with E-state index in [0.717, 1.165) is 26.1 Å². The summed E-state index contributed by atoms with van der Waals surface area (Å²) in [6.07, 6.45) is 3.31. The summed E-state index contributed by atoms with van der Waals surface area (Å²) in [5.41, 5.74) is -0.401. The van der Waals surface area contributed by atoms with Gasteiger partial charge in [-0.2, -0.15) is 0 Å². The van der Waals surface area contributed by atoms with Crippen molar-refractivity contribution in [2.24, 2.45) is 5.92 Å². The Kier molecular flexibility index (Phi) is 5.25. The first-order valence-electron chi connectivity index (χ1n) is 6.55. The zero-order chi connectivity index (χ0) is 12.9. The van der Waals surface area contributed by atoms with Crippen LogP contribution in [0.15, 0.2) is 0 Å². The third-order valence-electron chi connectivity index (χ3n) is 2.91. The summed E-state index contributed by atoms with van der Waals surface area (Å²) in [6.45, 7) is 8.35. The Morgan fingerprint density at radius 2 is 2.12 bits per heavy atom. The van der Waals surface area contributed by atoms with Crippen LogP contribution in [0, 0.1) is 5.92 Å². The Morgan fingerprint density at radius 1 is 1.41 bits per heavy atom. The van der Waals surface area contributed by atoms with Gasteiger partial charge in [0.1, 0.15) is 5.60 Å². The van der Waals surface area contributed by atoms with Crippen LogP contribution >= 0.6 is 0 Å². The second-order valence-electron chi connectivity index (χ2n) is 5.85. The monoisotopic (exact) mass is 242 g/mol. The number of ether oxygens (including phenoxy) is 1. The van der Waals surface area contributed by atoms with Crippen molar-refractivity contribution in [1.82, 2.24) is 10.2 Å². The van der Waals surface area contributed by atoms with E-state index in [1.165, 1.54) is 12.8 Å². The Morgan fingerprint density at radius 3 is 2.71 bits per heavy atom. The maximum atomic E-state index is 12.0. The van der Waals surface area contributed by atoms with Crippen LogP contribution in [-0.4, -0.2) is 43.3 Å². The van der Waals surface area contributed by atoms with Gasteiger partial charge in [-0.25, -0.2) is 4.79 Å². The normalized spacial score (nSPS) is 22.1. The standard InChI is InChI=1S/C13H26N2O2/c1-13(2,3)17-12(16)15-8-6-5-7-11(10-15)9-14-4/h11,14H,5-10H2,1-4H3. The molecular formula is C13H26N2O2. The number of amides is 1. The van der Waals surface area contributed by atoms with Gasteiger partial charge in [0.25, 0.3) is 0 Å². The zero-order valence-electron chi connectivity index (χ0n) is 11.6. The summed E-state index contributed by atoms with van der Waals surface area (Å²) < 4.78 is 5.43. The topological polar surface area (TPSA) is 41.6 Å². The lowest BCUT2D eigenvalue weighted by molar-refractivity contribution is 0.0235. The molecule has 1 atom stereocenters. The molecule has 0 saturated carbocycles. The molecule has 4 nitrogen and oxygen atoms in total. The van der Waals surface area contributed by atoms with Gasteiger partial charge in [0.15, 0.2) is 0 Å². The quantitative estimate of drug-likeness (QED) is 0.807. The zero-order valence-corrected chi connectivity index (χ0v) is 11.6. The Labute approximate surface area is 105 Å². The number of carbonyl (C=O) groups is 1. The van der Waals surface area contributed by atoms with Gasteiger partial charge < -0.3 is 15.0 Å². The lowest BCUT2D eigenvalue weighted by Gasteiger charge is -2.28. The van der Waals surface area contributed by atoms with Gasteiger partial charge >= 0.3 is 6.09 Å². The molecule has 0 bridgehead atoms. The molecule has 1 saturated heterocycles. The van der Waals surface area contributed by atoms with Gasteiger partial charge in [-0.15, -0.1) is 0 Å². The van der Waals surface area contributed by atoms with Crippen LogP contribution in [0.1, 0.15) is 40.0 Å². The van der Waals surface area contributed by atoms with Crippen molar-refractivity contribution in [3.8, 4) is 0 Å². The summed E-state index contributed by atoms with van der Waals surface area (Å²) in [4.78, 5) is 13.9. The third-order valence-corrected chi connectivity index (χ3v) is 2.91. The van der Waals surface area contributed by atoms with E-state index in [1.807, 2.05) is 32.7 Å². The van der Waals surface area contributed by atoms with Gasteiger partial charge in [0.05, 0.1) is 0 Å². The molecule has 1 aliphatic rings. The highest BCUT2D eigenvalue weighted by molar-refractivity contribution is 5.68. The molecule has 0 aromatic rings. The molecule has 4 heteroatoms. The van der Waals surface area contributed by atoms with Gasteiger partial charge in [-0.3, -0.25) is 0 Å². The molecule has 1 aliphatic heterocycles. The second-order valence-corrected chi connectivity index (χ2v) is 5.85. The maximum Gasteiger partial charge on any atom is 0.410 e. The minimum absolute atomic E-state index is 0.166. The van der Waals surface area contributed by atoms with E-state index in [-0.39, 0.29) is 6.09 Å². The number of nitrogens with one attached hydrogen (secondary N) is 1. The lowest BCUT2D eigenvalue weighted by atomic mass is 10.0. The molecule has 1 fully saturated rings. The first-order valence-corrected chi connectivity index (χ1v) is 6.55. The summed E-state index contributed by atoms with van der Waals surface area (Å²) >= 11 is 0. The van der Waals surface area contributed by atoms with Crippen molar-refractivity contribution in [1.29, 1.82) is 0 Å². The first kappa shape index (κ1) is 14.3. The third kappa shape index (κ3) is 5.39. The predicted molar refractivity (Wildman–Crippen MR) is 69.1 cm³/mol. The number of hydrogen-bond donors (Lipinski definition) is 1. The van der Waals surface area contributed by atoms with Crippen molar-refractivity contribution in [3.05, 3.63) is 0 Å². The fourth-order valence-electron chi connectivity index (χ4n) is 2.18. The van der Waals surface area contributed by atoms with Crippen molar-refractivity contribution >= 4 is 6.09 Å². The fourth-order valence-corrected chi connectivity index (χ4v) is 2.18. The molecule has 100 valence electrons. The molecule has 0 aliphatic carbocycles. The van der Waals surface area contributed by atoms with E-state index < -0.39 is 5.60 Å². The summed E-state index contributed by atoms with van der Waals surface area (Å²) in [6, 6.07) is 0. The van der Waals surface area contributed by atoms with Crippen LogP contribution in [0.2, 0.25) is 0 Å². The van der Waals surface area contributed by atoms with E-state index in [1.54, 1.807) is 0 Å². The van der Waals surface area contributed by atoms with Crippen molar-refractivity contribution < 1.29 is 9.53 Å². The summed E-state index contributed by atoms with van der Waals surface area (Å²) in [5, 5.41) is 3.19. The van der Waals surface area contributed by atoms with Crippen LogP contribution in [0.25, 0.3) is 0 Å². The number of carbonyl (C=O) groups excluding carboxylic acids is 1. The summed E-state index contributed by atoms with van der Waals surface area (Å²) in [7, 11) is 1.96. The van der Waals surface area contributed by atoms with E-state index >= 15 is 0 Å². The molecule has 1 amide bonds. The summed E-state index contributed by atoms with van der Waals surface area (Å²) in [5.74, 6) is 0.551. The SMILES string of the molecule is CNCC1CCCCN(C(=O)OC(C)(C)C)C1. The molecule has 17 heavy (non-hydrogen) atoms. The minimum Gasteiger partial charge on any atom is -0.444 e. The van der Waals surface area contributed by atoms with Crippen LogP contribution in [-0.2, 0) is 4.74 Å². The Bertz CT molecular complexity index is 248. The smallest absolute Gasteiger partial charge is 0.410 e. The number of likely N-dealkylation sites (tertiary alicyclic amines) is 1. The average Bonchev–Trinajstić information content (AvgIpc) is 2.41. The first-order chi connectivity index (χ1) is 7.92. The molecule has 0 spiro atoms. The molecule has 1 heterocycles. The predicted octanol–water partition coefficient (Wildman–Crippen LogP) is 2.24. The van der Waals surface area contributed by atoms with Crippen molar-refractivity contribution in [2.45, 2.75) is 45.6 Å². The fraction of sp³-hybridized carbons (Fsp3) is 0.923. The highest BCUT2D eigenvalue weighted by atomic mass is 16.6. The largest absolute Gasteiger partial charge is 0.444 e. The highest BCUT2D eigenvalue weighted by Crippen LogP contribution is 2.18. The molecule has 0 aromatic carbocycles. The highest BCUT2D eigenvalue weighted by Gasteiger charge is 2.25. The van der Waals surface area contributed by atoms with Crippen LogP contribution in [0.5, 0.6) is 0 Å². The lowest BCUT2D eigenvalue weighted by Crippen LogP contribution is -2.40. The molecule has 0 aromatic heterocycles. The van der Waals surface area contributed by atoms with Gasteiger partial charge in [-0.1, -0.05) is 6.42 Å². The molecule has 1 unspecified atom stereocenters. The Hall–Kier alpha value is -0.770. The average molecular weight is 242 g/mol. The number of rotatable bonds is 2. The molecule has 1 N–H and O–H groups in total. The van der Waals surface area contributed by atoms with Crippen LogP contribution in [0.4, 0.5) is 4.79 Å². The van der Waals surface area contributed by atoms with Gasteiger partial charge in [0, 0.05) is 13.1 Å². The van der Waals surface area contributed by atoms with Gasteiger partial charge in [0.2, 0.25) is 0 Å². The van der Waals surface area contributed by atoms with E-state index in [0.29, 0.717) is 5.92 Å².